The van der Waals surface area contributed by atoms with Gasteiger partial charge in [0.15, 0.2) is 0 Å². The molecule has 1 unspecified atom stereocenters. The van der Waals surface area contributed by atoms with Gasteiger partial charge in [-0.1, -0.05) is 50.1 Å². The lowest BCUT2D eigenvalue weighted by Gasteiger charge is -2.14. The number of methoxy groups -OCH3 is 1. The first kappa shape index (κ1) is 13.6. The average molecular weight is 370 g/mol. The van der Waals surface area contributed by atoms with E-state index in [1.807, 2.05) is 12.1 Å². The number of ether oxygens (including phenoxy) is 1. The summed E-state index contributed by atoms with van der Waals surface area (Å²) < 4.78 is 6.28. The standard InChI is InChI=1S/C15H14Br2O/c1-10-9-12(16)5-8-14(10)15(17)11-3-6-13(18-2)7-4-11/h3-9,15H,1-2H3. The van der Waals surface area contributed by atoms with Gasteiger partial charge in [-0.05, 0) is 47.9 Å². The van der Waals surface area contributed by atoms with Gasteiger partial charge in [-0.2, -0.15) is 0 Å². The third-order valence-electron chi connectivity index (χ3n) is 2.91. The largest absolute Gasteiger partial charge is 0.497 e. The Morgan fingerprint density at radius 3 is 2.28 bits per heavy atom. The van der Waals surface area contributed by atoms with Gasteiger partial charge in [0.1, 0.15) is 5.75 Å². The minimum absolute atomic E-state index is 0.205. The molecule has 0 bridgehead atoms. The molecule has 94 valence electrons. The summed E-state index contributed by atoms with van der Waals surface area (Å²) in [7, 11) is 1.68. The molecule has 0 aliphatic rings. The van der Waals surface area contributed by atoms with E-state index >= 15 is 0 Å². The highest BCUT2D eigenvalue weighted by Gasteiger charge is 2.12. The Morgan fingerprint density at radius 2 is 1.72 bits per heavy atom. The van der Waals surface area contributed by atoms with Crippen LogP contribution in [0.25, 0.3) is 0 Å². The van der Waals surface area contributed by atoms with Crippen LogP contribution in [0.4, 0.5) is 0 Å². The molecule has 2 aromatic carbocycles. The van der Waals surface area contributed by atoms with E-state index in [0.29, 0.717) is 0 Å². The van der Waals surface area contributed by atoms with Gasteiger partial charge in [-0.25, -0.2) is 0 Å². The van der Waals surface area contributed by atoms with Gasteiger partial charge in [-0.15, -0.1) is 0 Å². The van der Waals surface area contributed by atoms with E-state index in [1.165, 1.54) is 16.7 Å². The summed E-state index contributed by atoms with van der Waals surface area (Å²) in [6, 6.07) is 14.5. The lowest BCUT2D eigenvalue weighted by Crippen LogP contribution is -1.96. The molecule has 1 nitrogen and oxygen atoms in total. The number of hydrogen-bond acceptors (Lipinski definition) is 1. The molecular formula is C15H14Br2O. The monoisotopic (exact) mass is 368 g/mol. The SMILES string of the molecule is COc1ccc(C(Br)c2ccc(Br)cc2C)cc1. The maximum Gasteiger partial charge on any atom is 0.118 e. The molecule has 0 aliphatic carbocycles. The van der Waals surface area contributed by atoms with Crippen molar-refractivity contribution in [2.45, 2.75) is 11.8 Å². The minimum Gasteiger partial charge on any atom is -0.497 e. The third kappa shape index (κ3) is 2.96. The predicted molar refractivity (Wildman–Crippen MR) is 82.6 cm³/mol. The van der Waals surface area contributed by atoms with Gasteiger partial charge >= 0.3 is 0 Å². The summed E-state index contributed by atoms with van der Waals surface area (Å²) in [5.74, 6) is 0.881. The molecule has 0 aromatic heterocycles. The quantitative estimate of drug-likeness (QED) is 0.671. The molecule has 0 fully saturated rings. The van der Waals surface area contributed by atoms with Crippen molar-refractivity contribution >= 4 is 31.9 Å². The lowest BCUT2D eigenvalue weighted by molar-refractivity contribution is 0.414. The van der Waals surface area contributed by atoms with Crippen molar-refractivity contribution in [1.29, 1.82) is 0 Å². The molecule has 3 heteroatoms. The molecular weight excluding hydrogens is 356 g/mol. The van der Waals surface area contributed by atoms with E-state index in [-0.39, 0.29) is 4.83 Å². The lowest BCUT2D eigenvalue weighted by atomic mass is 10.0. The van der Waals surface area contributed by atoms with Crippen LogP contribution in [0.3, 0.4) is 0 Å². The summed E-state index contributed by atoms with van der Waals surface area (Å²) in [6.45, 7) is 2.12. The van der Waals surface area contributed by atoms with Gasteiger partial charge in [0.2, 0.25) is 0 Å². The molecule has 2 aromatic rings. The number of rotatable bonds is 3. The summed E-state index contributed by atoms with van der Waals surface area (Å²) in [5, 5.41) is 0. The van der Waals surface area contributed by atoms with E-state index in [2.05, 4.69) is 69.1 Å². The van der Waals surface area contributed by atoms with Gasteiger partial charge in [0.05, 0.1) is 11.9 Å². The van der Waals surface area contributed by atoms with Crippen LogP contribution in [0.1, 0.15) is 21.5 Å². The molecule has 0 N–H and O–H groups in total. The van der Waals surface area contributed by atoms with Gasteiger partial charge in [0, 0.05) is 4.47 Å². The van der Waals surface area contributed by atoms with Crippen molar-refractivity contribution in [3.63, 3.8) is 0 Å². The highest BCUT2D eigenvalue weighted by molar-refractivity contribution is 9.10. The van der Waals surface area contributed by atoms with Crippen molar-refractivity contribution < 1.29 is 4.74 Å². The first-order valence-electron chi connectivity index (χ1n) is 5.66. The highest BCUT2D eigenvalue weighted by Crippen LogP contribution is 2.34. The first-order valence-corrected chi connectivity index (χ1v) is 7.36. The van der Waals surface area contributed by atoms with Crippen molar-refractivity contribution in [1.82, 2.24) is 0 Å². The molecule has 0 amide bonds. The second-order valence-electron chi connectivity index (χ2n) is 4.14. The van der Waals surface area contributed by atoms with E-state index in [1.54, 1.807) is 7.11 Å². The van der Waals surface area contributed by atoms with Gasteiger partial charge < -0.3 is 4.74 Å². The average Bonchev–Trinajstić information content (AvgIpc) is 2.38. The van der Waals surface area contributed by atoms with Crippen molar-refractivity contribution in [2.24, 2.45) is 0 Å². The maximum absolute atomic E-state index is 5.17. The second-order valence-corrected chi connectivity index (χ2v) is 5.97. The van der Waals surface area contributed by atoms with Crippen molar-refractivity contribution in [2.75, 3.05) is 7.11 Å². The minimum atomic E-state index is 0.205. The predicted octanol–water partition coefficient (Wildman–Crippen LogP) is 5.25. The Hall–Kier alpha value is -0.800. The van der Waals surface area contributed by atoms with Crippen molar-refractivity contribution in [3.05, 3.63) is 63.6 Å². The molecule has 0 saturated heterocycles. The van der Waals surface area contributed by atoms with Crippen LogP contribution < -0.4 is 4.74 Å². The molecule has 1 atom stereocenters. The Balaban J connectivity index is 2.31. The van der Waals surface area contributed by atoms with Crippen LogP contribution in [0, 0.1) is 6.92 Å². The second kappa shape index (κ2) is 5.89. The fourth-order valence-corrected chi connectivity index (χ4v) is 3.17. The number of halogens is 2. The molecule has 0 radical (unpaired) electrons. The summed E-state index contributed by atoms with van der Waals surface area (Å²) >= 11 is 7.25. The van der Waals surface area contributed by atoms with Crippen molar-refractivity contribution in [3.8, 4) is 5.75 Å². The van der Waals surface area contributed by atoms with Crippen LogP contribution in [0.15, 0.2) is 46.9 Å². The fourth-order valence-electron chi connectivity index (χ4n) is 1.88. The molecule has 0 heterocycles. The maximum atomic E-state index is 5.17. The van der Waals surface area contributed by atoms with Crippen LogP contribution in [0.5, 0.6) is 5.75 Å². The zero-order chi connectivity index (χ0) is 13.1. The van der Waals surface area contributed by atoms with Gasteiger partial charge in [0.25, 0.3) is 0 Å². The molecule has 0 spiro atoms. The van der Waals surface area contributed by atoms with Crippen LogP contribution in [0.2, 0.25) is 0 Å². The summed E-state index contributed by atoms with van der Waals surface area (Å²) in [5.41, 5.74) is 3.77. The Bertz CT molecular complexity index is 535. The van der Waals surface area contributed by atoms with Crippen LogP contribution in [-0.4, -0.2) is 7.11 Å². The number of hydrogen-bond donors (Lipinski definition) is 0. The molecule has 18 heavy (non-hydrogen) atoms. The molecule has 2 rings (SSSR count). The molecule has 0 saturated carbocycles. The van der Waals surface area contributed by atoms with E-state index < -0.39 is 0 Å². The summed E-state index contributed by atoms with van der Waals surface area (Å²) in [4.78, 5) is 0.205. The zero-order valence-corrected chi connectivity index (χ0v) is 13.5. The number of benzene rings is 2. The normalized spacial score (nSPS) is 12.2. The Morgan fingerprint density at radius 1 is 1.06 bits per heavy atom. The Labute approximate surface area is 124 Å². The first-order chi connectivity index (χ1) is 8.61. The van der Waals surface area contributed by atoms with Crippen LogP contribution >= 0.6 is 31.9 Å². The number of alkyl halides is 1. The third-order valence-corrected chi connectivity index (χ3v) is 4.43. The smallest absolute Gasteiger partial charge is 0.118 e. The number of aryl methyl sites for hydroxylation is 1. The Kier molecular flexibility index (Phi) is 4.46. The van der Waals surface area contributed by atoms with Gasteiger partial charge in [-0.3, -0.25) is 0 Å². The molecule has 0 aliphatic heterocycles. The zero-order valence-electron chi connectivity index (χ0n) is 10.3. The summed E-state index contributed by atoms with van der Waals surface area (Å²) in [6.07, 6.45) is 0. The topological polar surface area (TPSA) is 9.23 Å². The van der Waals surface area contributed by atoms with E-state index in [0.717, 1.165) is 10.2 Å². The fraction of sp³-hybridized carbons (Fsp3) is 0.200. The highest BCUT2D eigenvalue weighted by atomic mass is 79.9. The van der Waals surface area contributed by atoms with E-state index in [9.17, 15) is 0 Å². The van der Waals surface area contributed by atoms with Crippen LogP contribution in [-0.2, 0) is 0 Å². The van der Waals surface area contributed by atoms with E-state index in [4.69, 9.17) is 4.74 Å².